The minimum atomic E-state index is -0.165. The Balaban J connectivity index is 2.20. The third-order valence-electron chi connectivity index (χ3n) is 2.90. The predicted molar refractivity (Wildman–Crippen MR) is 84.7 cm³/mol. The number of aliphatic hydroxyl groups excluding tert-OH is 1. The summed E-state index contributed by atoms with van der Waals surface area (Å²) in [6.07, 6.45) is 0. The van der Waals surface area contributed by atoms with Gasteiger partial charge in [0.2, 0.25) is 0 Å². The highest BCUT2D eigenvalue weighted by Gasteiger charge is 2.14. The van der Waals surface area contributed by atoms with Crippen molar-refractivity contribution >= 4 is 22.9 Å². The Kier molecular flexibility index (Phi) is 4.73. The highest BCUT2D eigenvalue weighted by molar-refractivity contribution is 7.13. The maximum absolute atomic E-state index is 12.3. The molecule has 0 saturated heterocycles. The fraction of sp³-hybridized carbons (Fsp3) is 0.250. The van der Waals surface area contributed by atoms with Crippen molar-refractivity contribution in [2.45, 2.75) is 20.8 Å². The van der Waals surface area contributed by atoms with Crippen molar-refractivity contribution in [3.63, 3.8) is 0 Å². The zero-order chi connectivity index (χ0) is 15.4. The number of benzene rings is 1. The number of carbonyl (C=O) groups is 1. The van der Waals surface area contributed by atoms with E-state index in [9.17, 15) is 4.79 Å². The standard InChI is InChI=1S/C16H16N2O2S/c1-10-9-13(5-4-8-19)6-7-14(10)18-16(20)15-11(2)17-12(3)21-15/h6-7,9,19H,8H2,1-3H3,(H,18,20). The molecule has 4 nitrogen and oxygen atoms in total. The van der Waals surface area contributed by atoms with E-state index in [2.05, 4.69) is 22.1 Å². The molecule has 21 heavy (non-hydrogen) atoms. The molecular weight excluding hydrogens is 284 g/mol. The average molecular weight is 300 g/mol. The minimum Gasteiger partial charge on any atom is -0.384 e. The molecule has 0 atom stereocenters. The summed E-state index contributed by atoms with van der Waals surface area (Å²) in [7, 11) is 0. The first-order valence-electron chi connectivity index (χ1n) is 6.47. The van der Waals surface area contributed by atoms with Crippen LogP contribution < -0.4 is 5.32 Å². The Morgan fingerprint density at radius 3 is 2.71 bits per heavy atom. The quantitative estimate of drug-likeness (QED) is 0.838. The second kappa shape index (κ2) is 6.53. The van der Waals surface area contributed by atoms with Gasteiger partial charge in [0, 0.05) is 11.3 Å². The predicted octanol–water partition coefficient (Wildman–Crippen LogP) is 2.66. The lowest BCUT2D eigenvalue weighted by Crippen LogP contribution is -2.12. The number of hydrogen-bond donors (Lipinski definition) is 2. The van der Waals surface area contributed by atoms with Crippen LogP contribution in [0, 0.1) is 32.6 Å². The molecule has 1 amide bonds. The van der Waals surface area contributed by atoms with E-state index in [-0.39, 0.29) is 12.5 Å². The Morgan fingerprint density at radius 1 is 1.38 bits per heavy atom. The Bertz CT molecular complexity index is 738. The number of thiazole rings is 1. The van der Waals surface area contributed by atoms with E-state index in [4.69, 9.17) is 5.11 Å². The van der Waals surface area contributed by atoms with Crippen molar-refractivity contribution in [1.82, 2.24) is 4.98 Å². The molecule has 0 saturated carbocycles. The summed E-state index contributed by atoms with van der Waals surface area (Å²) in [5, 5.41) is 12.5. The smallest absolute Gasteiger partial charge is 0.267 e. The molecule has 2 N–H and O–H groups in total. The molecule has 0 radical (unpaired) electrons. The number of aromatic nitrogens is 1. The van der Waals surface area contributed by atoms with E-state index in [0.717, 1.165) is 27.5 Å². The van der Waals surface area contributed by atoms with Crippen LogP contribution in [0.2, 0.25) is 0 Å². The number of amides is 1. The van der Waals surface area contributed by atoms with Crippen LogP contribution in [-0.2, 0) is 0 Å². The summed E-state index contributed by atoms with van der Waals surface area (Å²) in [6.45, 7) is 5.46. The molecule has 0 aliphatic heterocycles. The van der Waals surface area contributed by atoms with Crippen LogP contribution in [0.4, 0.5) is 5.69 Å². The third-order valence-corrected chi connectivity index (χ3v) is 3.97. The SMILES string of the molecule is Cc1nc(C)c(C(=O)Nc2ccc(C#CCO)cc2C)s1. The highest BCUT2D eigenvalue weighted by Crippen LogP contribution is 2.21. The van der Waals surface area contributed by atoms with Crippen molar-refractivity contribution in [3.8, 4) is 11.8 Å². The first-order chi connectivity index (χ1) is 10.0. The number of aryl methyl sites for hydroxylation is 3. The number of hydrogen-bond acceptors (Lipinski definition) is 4. The molecule has 0 unspecified atom stereocenters. The summed E-state index contributed by atoms with van der Waals surface area (Å²) in [6, 6.07) is 5.51. The second-order valence-electron chi connectivity index (χ2n) is 4.59. The van der Waals surface area contributed by atoms with E-state index in [1.54, 1.807) is 0 Å². The van der Waals surface area contributed by atoms with E-state index in [1.165, 1.54) is 11.3 Å². The number of nitrogens with zero attached hydrogens (tertiary/aromatic N) is 1. The molecule has 0 fully saturated rings. The third kappa shape index (κ3) is 3.69. The van der Waals surface area contributed by atoms with Crippen molar-refractivity contribution in [3.05, 3.63) is 44.9 Å². The van der Waals surface area contributed by atoms with Crippen molar-refractivity contribution in [1.29, 1.82) is 0 Å². The number of nitrogens with one attached hydrogen (secondary N) is 1. The molecule has 2 rings (SSSR count). The fourth-order valence-corrected chi connectivity index (χ4v) is 2.76. The van der Waals surface area contributed by atoms with Gasteiger partial charge in [-0.25, -0.2) is 4.98 Å². The summed E-state index contributed by atoms with van der Waals surface area (Å²) in [4.78, 5) is 17.2. The zero-order valence-corrected chi connectivity index (χ0v) is 13.0. The van der Waals surface area contributed by atoms with Crippen LogP contribution in [0.25, 0.3) is 0 Å². The molecule has 2 aromatic rings. The van der Waals surface area contributed by atoms with E-state index >= 15 is 0 Å². The molecule has 0 aliphatic rings. The minimum absolute atomic E-state index is 0.143. The van der Waals surface area contributed by atoms with E-state index < -0.39 is 0 Å². The normalized spacial score (nSPS) is 9.90. The lowest BCUT2D eigenvalue weighted by atomic mass is 10.1. The number of rotatable bonds is 2. The van der Waals surface area contributed by atoms with E-state index in [1.807, 2.05) is 39.0 Å². The lowest BCUT2D eigenvalue weighted by Gasteiger charge is -2.08. The molecule has 0 bridgehead atoms. The summed E-state index contributed by atoms with van der Waals surface area (Å²) in [5.74, 6) is 5.30. The summed E-state index contributed by atoms with van der Waals surface area (Å²) < 4.78 is 0. The molecule has 1 aromatic heterocycles. The van der Waals surface area contributed by atoms with Gasteiger partial charge in [-0.2, -0.15) is 0 Å². The first kappa shape index (κ1) is 15.2. The van der Waals surface area contributed by atoms with Gasteiger partial charge in [0.05, 0.1) is 10.7 Å². The van der Waals surface area contributed by atoms with Gasteiger partial charge in [0.25, 0.3) is 5.91 Å². The molecular formula is C16H16N2O2S. The van der Waals surface area contributed by atoms with Gasteiger partial charge < -0.3 is 10.4 Å². The zero-order valence-electron chi connectivity index (χ0n) is 12.2. The van der Waals surface area contributed by atoms with Gasteiger partial charge in [-0.1, -0.05) is 11.8 Å². The molecule has 1 heterocycles. The van der Waals surface area contributed by atoms with Crippen LogP contribution in [0.3, 0.4) is 0 Å². The molecule has 108 valence electrons. The van der Waals surface area contributed by atoms with Gasteiger partial charge in [-0.05, 0) is 44.5 Å². The Labute approximate surface area is 127 Å². The van der Waals surface area contributed by atoms with Crippen LogP contribution in [-0.4, -0.2) is 22.6 Å². The van der Waals surface area contributed by atoms with Crippen LogP contribution in [0.5, 0.6) is 0 Å². The maximum atomic E-state index is 12.3. The van der Waals surface area contributed by atoms with Crippen LogP contribution in [0.15, 0.2) is 18.2 Å². The first-order valence-corrected chi connectivity index (χ1v) is 7.28. The van der Waals surface area contributed by atoms with Gasteiger partial charge in [-0.3, -0.25) is 4.79 Å². The highest BCUT2D eigenvalue weighted by atomic mass is 32.1. The van der Waals surface area contributed by atoms with Crippen molar-refractivity contribution < 1.29 is 9.90 Å². The molecule has 5 heteroatoms. The second-order valence-corrected chi connectivity index (χ2v) is 5.79. The van der Waals surface area contributed by atoms with Gasteiger partial charge in [-0.15, -0.1) is 11.3 Å². The molecule has 0 spiro atoms. The monoisotopic (exact) mass is 300 g/mol. The Morgan fingerprint density at radius 2 is 2.14 bits per heavy atom. The molecule has 0 aliphatic carbocycles. The van der Waals surface area contributed by atoms with Crippen molar-refractivity contribution in [2.24, 2.45) is 0 Å². The molecule has 1 aromatic carbocycles. The summed E-state index contributed by atoms with van der Waals surface area (Å²) >= 11 is 1.39. The largest absolute Gasteiger partial charge is 0.384 e. The van der Waals surface area contributed by atoms with Gasteiger partial charge in [0.1, 0.15) is 11.5 Å². The number of aliphatic hydroxyl groups is 1. The average Bonchev–Trinajstić information content (AvgIpc) is 2.78. The van der Waals surface area contributed by atoms with Gasteiger partial charge in [0.15, 0.2) is 0 Å². The number of carbonyl (C=O) groups excluding carboxylic acids is 1. The van der Waals surface area contributed by atoms with Gasteiger partial charge >= 0.3 is 0 Å². The lowest BCUT2D eigenvalue weighted by molar-refractivity contribution is 0.102. The topological polar surface area (TPSA) is 62.2 Å². The number of anilines is 1. The summed E-state index contributed by atoms with van der Waals surface area (Å²) in [5.41, 5.74) is 3.23. The van der Waals surface area contributed by atoms with Crippen molar-refractivity contribution in [2.75, 3.05) is 11.9 Å². The Hall–Kier alpha value is -2.16. The van der Waals surface area contributed by atoms with Crippen LogP contribution >= 0.6 is 11.3 Å². The van der Waals surface area contributed by atoms with E-state index in [0.29, 0.717) is 4.88 Å². The fourth-order valence-electron chi connectivity index (χ4n) is 1.94. The maximum Gasteiger partial charge on any atom is 0.267 e. The van der Waals surface area contributed by atoms with Crippen LogP contribution in [0.1, 0.15) is 31.5 Å².